The summed E-state index contributed by atoms with van der Waals surface area (Å²) in [5, 5.41) is 0. The van der Waals surface area contributed by atoms with Gasteiger partial charge in [0.1, 0.15) is 5.82 Å². The lowest BCUT2D eigenvalue weighted by atomic mass is 10.1. The number of carbonyl (C=O) groups is 3. The molecule has 0 radical (unpaired) electrons. The van der Waals surface area contributed by atoms with Crippen molar-refractivity contribution < 1.29 is 19.1 Å². The van der Waals surface area contributed by atoms with Gasteiger partial charge in [-0.2, -0.15) is 0 Å². The molecule has 0 N–H and O–H groups in total. The second-order valence-corrected chi connectivity index (χ2v) is 5.11. The van der Waals surface area contributed by atoms with Crippen molar-refractivity contribution in [2.45, 2.75) is 13.5 Å². The summed E-state index contributed by atoms with van der Waals surface area (Å²) < 4.78 is 4.93. The van der Waals surface area contributed by atoms with Crippen LogP contribution in [-0.2, 0) is 25.7 Å². The number of fused-ring (bicyclic) bond motifs is 1. The van der Waals surface area contributed by atoms with Crippen molar-refractivity contribution in [2.24, 2.45) is 0 Å². The van der Waals surface area contributed by atoms with Crippen LogP contribution in [0.15, 0.2) is 41.7 Å². The Labute approximate surface area is 127 Å². The molecule has 2 heterocycles. The van der Waals surface area contributed by atoms with Crippen LogP contribution in [0.2, 0.25) is 0 Å². The first-order valence-electron chi connectivity index (χ1n) is 7.20. The summed E-state index contributed by atoms with van der Waals surface area (Å²) in [6.45, 7) is 3.37. The summed E-state index contributed by atoms with van der Waals surface area (Å²) >= 11 is 0. The number of hydrogen-bond acceptors (Lipinski definition) is 5. The number of Topliss-reactive ketones (excluding diaryl/α,β-unsaturated/α-hetero) is 1. The molecule has 22 heavy (non-hydrogen) atoms. The zero-order chi connectivity index (χ0) is 15.7. The first-order valence-corrected chi connectivity index (χ1v) is 7.20. The molecular formula is C16H16N2O4. The number of rotatable bonds is 4. The van der Waals surface area contributed by atoms with E-state index in [-0.39, 0.29) is 12.2 Å². The monoisotopic (exact) mass is 300 g/mol. The minimum absolute atomic E-state index is 0.139. The van der Waals surface area contributed by atoms with E-state index >= 15 is 0 Å². The molecule has 1 fully saturated rings. The minimum Gasteiger partial charge on any atom is -0.462 e. The average molecular weight is 300 g/mol. The maximum atomic E-state index is 12.1. The molecule has 114 valence electrons. The molecule has 2 aliphatic heterocycles. The Kier molecular flexibility index (Phi) is 3.66. The molecule has 2 aliphatic rings. The van der Waals surface area contributed by atoms with E-state index in [0.717, 1.165) is 5.56 Å². The third kappa shape index (κ3) is 2.26. The van der Waals surface area contributed by atoms with Gasteiger partial charge in [0, 0.05) is 19.6 Å². The van der Waals surface area contributed by atoms with E-state index in [2.05, 4.69) is 0 Å². The van der Waals surface area contributed by atoms with Crippen LogP contribution in [0.25, 0.3) is 0 Å². The Balaban J connectivity index is 1.94. The van der Waals surface area contributed by atoms with E-state index in [9.17, 15) is 14.4 Å². The lowest BCUT2D eigenvalue weighted by molar-refractivity contribution is -0.143. The van der Waals surface area contributed by atoms with Gasteiger partial charge in [-0.3, -0.25) is 14.5 Å². The third-order valence-corrected chi connectivity index (χ3v) is 3.73. The van der Waals surface area contributed by atoms with Crippen molar-refractivity contribution in [2.75, 3.05) is 19.7 Å². The van der Waals surface area contributed by atoms with Gasteiger partial charge in [-0.1, -0.05) is 30.3 Å². The van der Waals surface area contributed by atoms with Crippen LogP contribution in [0.4, 0.5) is 0 Å². The van der Waals surface area contributed by atoms with Crippen LogP contribution < -0.4 is 0 Å². The molecule has 1 amide bonds. The van der Waals surface area contributed by atoms with E-state index in [1.807, 2.05) is 35.2 Å². The van der Waals surface area contributed by atoms with Gasteiger partial charge in [0.05, 0.1) is 6.61 Å². The summed E-state index contributed by atoms with van der Waals surface area (Å²) in [7, 11) is 0. The van der Waals surface area contributed by atoms with Crippen LogP contribution in [0.1, 0.15) is 12.5 Å². The van der Waals surface area contributed by atoms with Crippen LogP contribution >= 0.6 is 0 Å². The summed E-state index contributed by atoms with van der Waals surface area (Å²) in [6, 6.07) is 9.70. The number of esters is 1. The molecule has 1 saturated heterocycles. The number of ketones is 1. The van der Waals surface area contributed by atoms with E-state index in [0.29, 0.717) is 25.5 Å². The maximum Gasteiger partial charge on any atom is 0.346 e. The fraction of sp³-hybridized carbons (Fsp3) is 0.312. The molecule has 1 aromatic carbocycles. The number of carbonyl (C=O) groups excluding carboxylic acids is 3. The molecule has 1 aromatic rings. The van der Waals surface area contributed by atoms with Gasteiger partial charge in [0.25, 0.3) is 5.78 Å². The Morgan fingerprint density at radius 3 is 2.59 bits per heavy atom. The second kappa shape index (κ2) is 5.63. The lowest BCUT2D eigenvalue weighted by Gasteiger charge is -2.20. The highest BCUT2D eigenvalue weighted by atomic mass is 16.5. The third-order valence-electron chi connectivity index (χ3n) is 3.73. The summed E-state index contributed by atoms with van der Waals surface area (Å²) in [4.78, 5) is 39.3. The first kappa shape index (κ1) is 14.3. The molecule has 0 spiro atoms. The normalized spacial score (nSPS) is 17.3. The van der Waals surface area contributed by atoms with Crippen LogP contribution in [-0.4, -0.2) is 47.2 Å². The van der Waals surface area contributed by atoms with E-state index in [1.165, 1.54) is 4.90 Å². The molecule has 3 rings (SSSR count). The van der Waals surface area contributed by atoms with Crippen LogP contribution in [0.5, 0.6) is 0 Å². The Hall–Kier alpha value is -2.63. The van der Waals surface area contributed by atoms with Gasteiger partial charge < -0.3 is 9.64 Å². The predicted octanol–water partition coefficient (Wildman–Crippen LogP) is 0.688. The lowest BCUT2D eigenvalue weighted by Crippen LogP contribution is -2.27. The van der Waals surface area contributed by atoms with Crippen LogP contribution in [0, 0.1) is 0 Å². The highest BCUT2D eigenvalue weighted by Crippen LogP contribution is 2.31. The fourth-order valence-corrected chi connectivity index (χ4v) is 2.77. The average Bonchev–Trinajstić information content (AvgIpc) is 3.01. The fourth-order valence-electron chi connectivity index (χ4n) is 2.77. The molecule has 0 aromatic heterocycles. The van der Waals surface area contributed by atoms with Crippen molar-refractivity contribution in [3.8, 4) is 0 Å². The van der Waals surface area contributed by atoms with Gasteiger partial charge in [-0.15, -0.1) is 0 Å². The molecular weight excluding hydrogens is 284 g/mol. The predicted molar refractivity (Wildman–Crippen MR) is 77.2 cm³/mol. The highest BCUT2D eigenvalue weighted by molar-refractivity contribution is 6.51. The minimum atomic E-state index is -0.772. The van der Waals surface area contributed by atoms with Crippen LogP contribution in [0.3, 0.4) is 0 Å². The maximum absolute atomic E-state index is 12.1. The van der Waals surface area contributed by atoms with Gasteiger partial charge in [-0.25, -0.2) is 4.79 Å². The van der Waals surface area contributed by atoms with Gasteiger partial charge in [0.2, 0.25) is 0 Å². The highest BCUT2D eigenvalue weighted by Gasteiger charge is 2.47. The van der Waals surface area contributed by atoms with Gasteiger partial charge in [-0.05, 0) is 12.5 Å². The van der Waals surface area contributed by atoms with Crippen molar-refractivity contribution in [3.63, 3.8) is 0 Å². The van der Waals surface area contributed by atoms with Gasteiger partial charge in [0.15, 0.2) is 5.57 Å². The van der Waals surface area contributed by atoms with E-state index < -0.39 is 17.7 Å². The quantitative estimate of drug-likeness (QED) is 0.465. The van der Waals surface area contributed by atoms with Crippen molar-refractivity contribution >= 4 is 17.7 Å². The first-order chi connectivity index (χ1) is 10.6. The Morgan fingerprint density at radius 1 is 1.18 bits per heavy atom. The molecule has 0 unspecified atom stereocenters. The summed E-state index contributed by atoms with van der Waals surface area (Å²) in [6.07, 6.45) is 0. The largest absolute Gasteiger partial charge is 0.462 e. The number of nitrogens with zero attached hydrogens (tertiary/aromatic N) is 2. The van der Waals surface area contributed by atoms with E-state index in [4.69, 9.17) is 4.74 Å². The summed E-state index contributed by atoms with van der Waals surface area (Å²) in [5.74, 6) is -1.75. The van der Waals surface area contributed by atoms with E-state index in [1.54, 1.807) is 6.92 Å². The SMILES string of the molecule is CCOC(=O)C1=C2N(Cc3ccccc3)CCN2C(=O)C1=O. The topological polar surface area (TPSA) is 66.9 Å². The number of benzene rings is 1. The standard InChI is InChI=1S/C16H16N2O4/c1-2-22-16(21)12-13(19)15(20)18-9-8-17(14(12)18)10-11-6-4-3-5-7-11/h3-7H,2,8-10H2,1H3. The van der Waals surface area contributed by atoms with Crippen molar-refractivity contribution in [3.05, 3.63) is 47.3 Å². The number of hydrogen-bond donors (Lipinski definition) is 0. The Morgan fingerprint density at radius 2 is 1.91 bits per heavy atom. The molecule has 0 saturated carbocycles. The number of amides is 1. The summed E-state index contributed by atoms with van der Waals surface area (Å²) in [5.41, 5.74) is 0.909. The number of ether oxygens (including phenoxy) is 1. The van der Waals surface area contributed by atoms with Gasteiger partial charge >= 0.3 is 11.9 Å². The molecule has 0 aliphatic carbocycles. The smallest absolute Gasteiger partial charge is 0.346 e. The molecule has 6 heteroatoms. The zero-order valence-corrected chi connectivity index (χ0v) is 12.2. The second-order valence-electron chi connectivity index (χ2n) is 5.11. The Bertz CT molecular complexity index is 666. The molecule has 6 nitrogen and oxygen atoms in total. The molecule has 0 bridgehead atoms. The molecule has 0 atom stereocenters. The van der Waals surface area contributed by atoms with Crippen molar-refractivity contribution in [1.29, 1.82) is 0 Å². The van der Waals surface area contributed by atoms with Crippen molar-refractivity contribution in [1.82, 2.24) is 9.80 Å². The zero-order valence-electron chi connectivity index (χ0n) is 12.2.